The van der Waals surface area contributed by atoms with Crippen LogP contribution in [0.4, 0.5) is 18.9 Å². The Labute approximate surface area is 248 Å². The molecule has 1 amide bonds. The van der Waals surface area contributed by atoms with Gasteiger partial charge >= 0.3 is 0 Å². The highest BCUT2D eigenvalue weighted by Gasteiger charge is 2.56. The molecule has 0 heterocycles. The molecule has 2 aromatic rings. The molecule has 42 heavy (non-hydrogen) atoms. The molecule has 8 nitrogen and oxygen atoms in total. The molecule has 13 heteroatoms. The van der Waals surface area contributed by atoms with Gasteiger partial charge in [0.15, 0.2) is 27.3 Å². The van der Waals surface area contributed by atoms with E-state index in [1.807, 2.05) is 6.92 Å². The fourth-order valence-electron chi connectivity index (χ4n) is 6.64. The summed E-state index contributed by atoms with van der Waals surface area (Å²) in [5, 5.41) is 22.2. The molecular formula is C29H33ClF3N3O5S. The number of nitriles is 1. The standard InChI is InChI=1S/C29H33ClF3N3O5S/c1-16(20(4-3-9-34)15-41-35-2)29(38)13-18-5-6-19(14-29)27(18)42(39,40)25-10-17(7-8-22(25)30)28(37)36-21-11-23(31)26(33)24(32)12-21/h7-8,10-12,16,18-20,27,35,38H,3-6,13-15H2,1-2H3,(H,36,37)/t16?,18-,19?,20?,27?,29?/m1/s1. The second-order valence-corrected chi connectivity index (χ2v) is 13.7. The van der Waals surface area contributed by atoms with Gasteiger partial charge in [0.05, 0.1) is 33.4 Å². The van der Waals surface area contributed by atoms with Crippen molar-refractivity contribution >= 4 is 33.0 Å². The summed E-state index contributed by atoms with van der Waals surface area (Å²) >= 11 is 6.34. The van der Waals surface area contributed by atoms with Crippen LogP contribution < -0.4 is 10.8 Å². The molecule has 0 radical (unpaired) electrons. The molecule has 2 aliphatic carbocycles. The lowest BCUT2D eigenvalue weighted by molar-refractivity contribution is -0.0984. The highest BCUT2D eigenvalue weighted by molar-refractivity contribution is 7.92. The smallest absolute Gasteiger partial charge is 0.255 e. The van der Waals surface area contributed by atoms with E-state index in [4.69, 9.17) is 21.7 Å². The minimum Gasteiger partial charge on any atom is -0.390 e. The van der Waals surface area contributed by atoms with Gasteiger partial charge in [-0.05, 0) is 74.0 Å². The number of carbonyl (C=O) groups excluding carboxylic acids is 1. The fourth-order valence-corrected chi connectivity index (χ4v) is 9.49. The average Bonchev–Trinajstić information content (AvgIpc) is 3.24. The van der Waals surface area contributed by atoms with Crippen molar-refractivity contribution in [3.8, 4) is 6.07 Å². The number of anilines is 1. The van der Waals surface area contributed by atoms with Crippen LogP contribution in [0.2, 0.25) is 5.02 Å². The van der Waals surface area contributed by atoms with Crippen LogP contribution in [0, 0.1) is 52.5 Å². The number of hydrogen-bond acceptors (Lipinski definition) is 7. The number of hydroxylamine groups is 1. The predicted octanol–water partition coefficient (Wildman–Crippen LogP) is 5.41. The highest BCUT2D eigenvalue weighted by atomic mass is 35.5. The average molecular weight is 628 g/mol. The summed E-state index contributed by atoms with van der Waals surface area (Å²) in [7, 11) is -2.44. The Morgan fingerprint density at radius 2 is 1.81 bits per heavy atom. The van der Waals surface area contributed by atoms with E-state index in [2.05, 4.69) is 16.9 Å². The molecular weight excluding hydrogens is 595 g/mol. The van der Waals surface area contributed by atoms with Crippen LogP contribution in [-0.2, 0) is 14.7 Å². The van der Waals surface area contributed by atoms with E-state index in [1.54, 1.807) is 7.05 Å². The predicted molar refractivity (Wildman–Crippen MR) is 150 cm³/mol. The molecule has 2 fully saturated rings. The first-order chi connectivity index (χ1) is 19.8. The normalized spacial score (nSPS) is 25.0. The van der Waals surface area contributed by atoms with E-state index >= 15 is 0 Å². The lowest BCUT2D eigenvalue weighted by Gasteiger charge is -2.46. The highest BCUT2D eigenvalue weighted by Crippen LogP contribution is 2.54. The minimum absolute atomic E-state index is 0.0835. The maximum Gasteiger partial charge on any atom is 0.255 e. The summed E-state index contributed by atoms with van der Waals surface area (Å²) in [6, 6.07) is 7.02. The fraction of sp³-hybridized carbons (Fsp3) is 0.517. The van der Waals surface area contributed by atoms with Gasteiger partial charge in [0.1, 0.15) is 0 Å². The number of nitrogens with zero attached hydrogens (tertiary/aromatic N) is 1. The number of benzene rings is 2. The second kappa shape index (κ2) is 12.9. The van der Waals surface area contributed by atoms with Gasteiger partial charge in [-0.3, -0.25) is 4.79 Å². The first-order valence-electron chi connectivity index (χ1n) is 13.7. The van der Waals surface area contributed by atoms with Crippen molar-refractivity contribution in [1.29, 1.82) is 5.26 Å². The number of aliphatic hydroxyl groups is 1. The number of rotatable bonds is 11. The van der Waals surface area contributed by atoms with E-state index in [9.17, 15) is 31.5 Å². The topological polar surface area (TPSA) is 129 Å². The van der Waals surface area contributed by atoms with Crippen LogP contribution in [0.25, 0.3) is 0 Å². The van der Waals surface area contributed by atoms with Crippen LogP contribution in [0.3, 0.4) is 0 Å². The third-order valence-electron chi connectivity index (χ3n) is 8.79. The first-order valence-corrected chi connectivity index (χ1v) is 15.6. The number of fused-ring (bicyclic) bond motifs is 2. The van der Waals surface area contributed by atoms with Crippen LogP contribution in [0.5, 0.6) is 0 Å². The molecule has 6 atom stereocenters. The van der Waals surface area contributed by atoms with E-state index in [-0.39, 0.29) is 57.7 Å². The summed E-state index contributed by atoms with van der Waals surface area (Å²) in [4.78, 5) is 18.0. The number of nitrogens with one attached hydrogen (secondary N) is 2. The van der Waals surface area contributed by atoms with Gasteiger partial charge in [-0.15, -0.1) is 0 Å². The number of carbonyl (C=O) groups is 1. The van der Waals surface area contributed by atoms with Crippen molar-refractivity contribution in [3.63, 3.8) is 0 Å². The zero-order valence-corrected chi connectivity index (χ0v) is 24.7. The molecule has 0 aromatic heterocycles. The van der Waals surface area contributed by atoms with Crippen molar-refractivity contribution in [1.82, 2.24) is 5.48 Å². The number of hydrogen-bond donors (Lipinski definition) is 3. The summed E-state index contributed by atoms with van der Waals surface area (Å²) in [5.74, 6) is -6.63. The van der Waals surface area contributed by atoms with Gasteiger partial charge in [-0.1, -0.05) is 18.5 Å². The van der Waals surface area contributed by atoms with Crippen LogP contribution in [0.15, 0.2) is 35.2 Å². The summed E-state index contributed by atoms with van der Waals surface area (Å²) in [5.41, 5.74) is 1.00. The van der Waals surface area contributed by atoms with Crippen molar-refractivity contribution in [2.24, 2.45) is 23.7 Å². The lowest BCUT2D eigenvalue weighted by Crippen LogP contribution is -2.51. The number of amides is 1. The maximum absolute atomic E-state index is 14.0. The molecule has 4 rings (SSSR count). The van der Waals surface area contributed by atoms with Crippen LogP contribution in [-0.4, -0.2) is 43.9 Å². The zero-order valence-electron chi connectivity index (χ0n) is 23.2. The van der Waals surface area contributed by atoms with Crippen LogP contribution in [0.1, 0.15) is 55.8 Å². The van der Waals surface area contributed by atoms with Gasteiger partial charge in [-0.2, -0.15) is 5.26 Å². The Morgan fingerprint density at radius 3 is 2.38 bits per heavy atom. The Morgan fingerprint density at radius 1 is 1.19 bits per heavy atom. The van der Waals surface area contributed by atoms with Gasteiger partial charge in [0.25, 0.3) is 5.91 Å². The summed E-state index contributed by atoms with van der Waals surface area (Å²) < 4.78 is 68.6. The minimum atomic E-state index is -4.07. The third-order valence-corrected chi connectivity index (χ3v) is 11.7. The van der Waals surface area contributed by atoms with Gasteiger partial charge in [0.2, 0.25) is 0 Å². The Kier molecular flexibility index (Phi) is 9.89. The molecule has 2 bridgehead atoms. The number of halogens is 4. The van der Waals surface area contributed by atoms with E-state index in [0.717, 1.165) is 6.07 Å². The third kappa shape index (κ3) is 6.45. The Bertz CT molecular complexity index is 1450. The molecule has 2 saturated carbocycles. The SMILES string of the molecule is CNOCC(CCC#N)C(C)C1(O)CC2CC[C@H](C1)C2S(=O)(=O)c1cc(C(=O)Nc2cc(F)c(F)c(F)c2)ccc1Cl. The van der Waals surface area contributed by atoms with E-state index in [1.165, 1.54) is 12.1 Å². The largest absolute Gasteiger partial charge is 0.390 e. The monoisotopic (exact) mass is 627 g/mol. The van der Waals surface area contributed by atoms with Gasteiger partial charge in [0, 0.05) is 36.9 Å². The summed E-state index contributed by atoms with van der Waals surface area (Å²) in [6.45, 7) is 2.20. The molecule has 2 aromatic carbocycles. The molecule has 3 N–H and O–H groups in total. The summed E-state index contributed by atoms with van der Waals surface area (Å²) in [6.07, 6.45) is 2.51. The number of sulfone groups is 1. The van der Waals surface area contributed by atoms with Crippen LogP contribution >= 0.6 is 11.6 Å². The van der Waals surface area contributed by atoms with Crippen molar-refractivity contribution in [2.45, 2.75) is 61.2 Å². The molecule has 0 aliphatic heterocycles. The van der Waals surface area contributed by atoms with Crippen molar-refractivity contribution in [2.75, 3.05) is 19.0 Å². The van der Waals surface area contributed by atoms with E-state index in [0.29, 0.717) is 44.4 Å². The second-order valence-electron chi connectivity index (χ2n) is 11.2. The van der Waals surface area contributed by atoms with Gasteiger partial charge < -0.3 is 15.3 Å². The Hall–Kier alpha value is -2.69. The molecule has 2 aliphatic rings. The molecule has 0 spiro atoms. The van der Waals surface area contributed by atoms with E-state index < -0.39 is 44.0 Å². The quantitative estimate of drug-likeness (QED) is 0.224. The molecule has 5 unspecified atom stereocenters. The Balaban J connectivity index is 1.57. The molecule has 228 valence electrons. The van der Waals surface area contributed by atoms with Crippen molar-refractivity contribution < 1.29 is 36.3 Å². The zero-order chi connectivity index (χ0) is 30.8. The lowest BCUT2D eigenvalue weighted by atomic mass is 9.67. The molecule has 0 saturated heterocycles. The first kappa shape index (κ1) is 32.2. The van der Waals surface area contributed by atoms with Gasteiger partial charge in [-0.25, -0.2) is 27.1 Å². The van der Waals surface area contributed by atoms with Crippen molar-refractivity contribution in [3.05, 3.63) is 58.4 Å². The maximum atomic E-state index is 14.0.